The number of carbonyl (C=O) groups excluding carboxylic acids is 1. The first-order chi connectivity index (χ1) is 7.61. The van der Waals surface area contributed by atoms with Gasteiger partial charge in [-0.25, -0.2) is 9.97 Å². The Morgan fingerprint density at radius 3 is 2.94 bits per heavy atom. The molecule has 0 unspecified atom stereocenters. The molecular formula is C9H15N5OS. The highest BCUT2D eigenvalue weighted by molar-refractivity contribution is 7.98. The fourth-order valence-electron chi connectivity index (χ4n) is 1.10. The molecule has 16 heavy (non-hydrogen) atoms. The summed E-state index contributed by atoms with van der Waals surface area (Å²) < 4.78 is 0. The Labute approximate surface area is 98.2 Å². The number of anilines is 2. The normalized spacial score (nSPS) is 10.1. The lowest BCUT2D eigenvalue weighted by Gasteiger charge is -2.06. The number of nitrogen functional groups attached to an aromatic ring is 1. The van der Waals surface area contributed by atoms with E-state index in [1.54, 1.807) is 6.07 Å². The van der Waals surface area contributed by atoms with Gasteiger partial charge in [0.1, 0.15) is 11.6 Å². The molecule has 0 atom stereocenters. The first-order valence-corrected chi connectivity index (χ1v) is 6.05. The maximum Gasteiger partial charge on any atom is 0.217 e. The van der Waals surface area contributed by atoms with Gasteiger partial charge in [0.2, 0.25) is 5.91 Å². The van der Waals surface area contributed by atoms with E-state index in [1.165, 1.54) is 11.8 Å². The molecule has 5 N–H and O–H groups in total. The summed E-state index contributed by atoms with van der Waals surface area (Å²) in [4.78, 5) is 18.7. The first-order valence-electron chi connectivity index (χ1n) is 4.82. The molecule has 0 aromatic carbocycles. The summed E-state index contributed by atoms with van der Waals surface area (Å²) in [7, 11) is 0. The number of primary amides is 1. The third-order valence-corrected chi connectivity index (χ3v) is 2.36. The number of nitrogens with zero attached hydrogens (tertiary/aromatic N) is 2. The van der Waals surface area contributed by atoms with Gasteiger partial charge >= 0.3 is 0 Å². The highest BCUT2D eigenvalue weighted by Gasteiger charge is 2.01. The number of nitrogens with one attached hydrogen (secondary N) is 1. The largest absolute Gasteiger partial charge is 0.383 e. The van der Waals surface area contributed by atoms with Gasteiger partial charge in [-0.1, -0.05) is 11.8 Å². The predicted octanol–water partition coefficient (Wildman–Crippen LogP) is 0.458. The molecule has 0 aliphatic heterocycles. The fraction of sp³-hybridized carbons (Fsp3) is 0.444. The van der Waals surface area contributed by atoms with Gasteiger partial charge in [-0.15, -0.1) is 0 Å². The number of hydrogen-bond donors (Lipinski definition) is 3. The van der Waals surface area contributed by atoms with Crippen LogP contribution in [0.25, 0.3) is 0 Å². The molecule has 88 valence electrons. The van der Waals surface area contributed by atoms with E-state index in [4.69, 9.17) is 11.5 Å². The Morgan fingerprint density at radius 2 is 2.31 bits per heavy atom. The average Bonchev–Trinajstić information content (AvgIpc) is 2.23. The molecule has 0 aliphatic rings. The number of carbonyl (C=O) groups is 1. The molecule has 1 amide bonds. The van der Waals surface area contributed by atoms with Gasteiger partial charge in [0.05, 0.1) is 0 Å². The van der Waals surface area contributed by atoms with Crippen LogP contribution in [-0.2, 0) is 4.79 Å². The number of nitrogens with two attached hydrogens (primary N) is 2. The second-order valence-electron chi connectivity index (χ2n) is 3.16. The summed E-state index contributed by atoms with van der Waals surface area (Å²) in [5.41, 5.74) is 10.6. The van der Waals surface area contributed by atoms with Crippen LogP contribution >= 0.6 is 11.8 Å². The molecule has 0 saturated heterocycles. The monoisotopic (exact) mass is 241 g/mol. The molecule has 0 radical (unpaired) electrons. The Kier molecular flexibility index (Phi) is 4.84. The summed E-state index contributed by atoms with van der Waals surface area (Å²) in [5.74, 6) is 0.798. The summed E-state index contributed by atoms with van der Waals surface area (Å²) >= 11 is 1.42. The third kappa shape index (κ3) is 4.35. The number of hydrogen-bond acceptors (Lipinski definition) is 6. The summed E-state index contributed by atoms with van der Waals surface area (Å²) in [6, 6.07) is 1.66. The molecule has 1 rings (SSSR count). The molecule has 7 heteroatoms. The highest BCUT2D eigenvalue weighted by Crippen LogP contribution is 2.14. The Balaban J connectivity index is 2.47. The molecule has 6 nitrogen and oxygen atoms in total. The lowest BCUT2D eigenvalue weighted by atomic mass is 10.3. The minimum atomic E-state index is -0.297. The van der Waals surface area contributed by atoms with E-state index in [2.05, 4.69) is 15.3 Å². The number of amides is 1. The maximum absolute atomic E-state index is 10.5. The smallest absolute Gasteiger partial charge is 0.217 e. The molecule has 1 aromatic rings. The number of aromatic nitrogens is 2. The number of thioether (sulfide) groups is 1. The van der Waals surface area contributed by atoms with Crippen molar-refractivity contribution in [3.05, 3.63) is 6.07 Å². The third-order valence-electron chi connectivity index (χ3n) is 1.81. The summed E-state index contributed by atoms with van der Waals surface area (Å²) in [6.07, 6.45) is 2.92. The van der Waals surface area contributed by atoms with Crippen molar-refractivity contribution in [2.24, 2.45) is 5.73 Å². The molecule has 0 bridgehead atoms. The van der Waals surface area contributed by atoms with Crippen molar-refractivity contribution in [2.45, 2.75) is 18.0 Å². The predicted molar refractivity (Wildman–Crippen MR) is 65.1 cm³/mol. The lowest BCUT2D eigenvalue weighted by Crippen LogP contribution is -2.13. The van der Waals surface area contributed by atoms with Gasteiger partial charge in [-0.2, -0.15) is 0 Å². The quantitative estimate of drug-likeness (QED) is 0.379. The standard InChI is InChI=1S/C9H15N5OS/c1-16-9-13-6(10)5-8(14-9)12-4-2-3-7(11)15/h5H,2-4H2,1H3,(H2,11,15)(H3,10,12,13,14). The molecule has 1 heterocycles. The minimum absolute atomic E-state index is 0.297. The van der Waals surface area contributed by atoms with Crippen molar-refractivity contribution >= 4 is 29.3 Å². The second kappa shape index (κ2) is 6.16. The minimum Gasteiger partial charge on any atom is -0.383 e. The van der Waals surface area contributed by atoms with Crippen molar-refractivity contribution in [2.75, 3.05) is 23.9 Å². The van der Waals surface area contributed by atoms with Crippen LogP contribution < -0.4 is 16.8 Å². The van der Waals surface area contributed by atoms with Crippen molar-refractivity contribution in [1.82, 2.24) is 9.97 Å². The van der Waals surface area contributed by atoms with E-state index in [-0.39, 0.29) is 5.91 Å². The Hall–Kier alpha value is -1.50. The van der Waals surface area contributed by atoms with Crippen LogP contribution in [0.15, 0.2) is 11.2 Å². The molecule has 1 aromatic heterocycles. The van der Waals surface area contributed by atoms with Gasteiger partial charge in [0, 0.05) is 19.0 Å². The Morgan fingerprint density at radius 1 is 1.56 bits per heavy atom. The van der Waals surface area contributed by atoms with Crippen molar-refractivity contribution in [3.63, 3.8) is 0 Å². The maximum atomic E-state index is 10.5. The van der Waals surface area contributed by atoms with Gasteiger partial charge in [0.15, 0.2) is 5.16 Å². The first kappa shape index (κ1) is 12.6. The van der Waals surface area contributed by atoms with Gasteiger partial charge in [-0.05, 0) is 12.7 Å². The topological polar surface area (TPSA) is 107 Å². The van der Waals surface area contributed by atoms with Gasteiger partial charge in [0.25, 0.3) is 0 Å². The molecule has 0 spiro atoms. The van der Waals surface area contributed by atoms with Crippen molar-refractivity contribution < 1.29 is 4.79 Å². The van der Waals surface area contributed by atoms with Crippen LogP contribution in [-0.4, -0.2) is 28.7 Å². The summed E-state index contributed by atoms with van der Waals surface area (Å²) in [5, 5.41) is 3.69. The van der Waals surface area contributed by atoms with E-state index in [0.29, 0.717) is 36.2 Å². The average molecular weight is 241 g/mol. The zero-order valence-electron chi connectivity index (χ0n) is 9.06. The van der Waals surface area contributed by atoms with Gasteiger partial charge in [-0.3, -0.25) is 4.79 Å². The van der Waals surface area contributed by atoms with Crippen LogP contribution in [0, 0.1) is 0 Å². The zero-order valence-corrected chi connectivity index (χ0v) is 9.88. The Bertz CT molecular complexity index is 371. The molecule has 0 saturated carbocycles. The van der Waals surface area contributed by atoms with Crippen LogP contribution in [0.2, 0.25) is 0 Å². The van der Waals surface area contributed by atoms with Crippen LogP contribution in [0.3, 0.4) is 0 Å². The molecule has 0 aliphatic carbocycles. The van der Waals surface area contributed by atoms with E-state index in [1.807, 2.05) is 6.26 Å². The highest BCUT2D eigenvalue weighted by atomic mass is 32.2. The van der Waals surface area contributed by atoms with E-state index in [9.17, 15) is 4.79 Å². The van der Waals surface area contributed by atoms with E-state index in [0.717, 1.165) is 0 Å². The fourth-order valence-corrected chi connectivity index (χ4v) is 1.49. The van der Waals surface area contributed by atoms with Crippen molar-refractivity contribution in [3.8, 4) is 0 Å². The zero-order chi connectivity index (χ0) is 12.0. The summed E-state index contributed by atoms with van der Waals surface area (Å²) in [6.45, 7) is 0.632. The van der Waals surface area contributed by atoms with Crippen LogP contribution in [0.4, 0.5) is 11.6 Å². The number of rotatable bonds is 6. The van der Waals surface area contributed by atoms with E-state index >= 15 is 0 Å². The van der Waals surface area contributed by atoms with Crippen molar-refractivity contribution in [1.29, 1.82) is 0 Å². The molecular weight excluding hydrogens is 226 g/mol. The second-order valence-corrected chi connectivity index (χ2v) is 3.93. The van der Waals surface area contributed by atoms with Crippen LogP contribution in [0.1, 0.15) is 12.8 Å². The lowest BCUT2D eigenvalue weighted by molar-refractivity contribution is -0.118. The van der Waals surface area contributed by atoms with Gasteiger partial charge < -0.3 is 16.8 Å². The SMILES string of the molecule is CSc1nc(N)cc(NCCCC(N)=O)n1. The van der Waals surface area contributed by atoms with Crippen LogP contribution in [0.5, 0.6) is 0 Å². The molecule has 0 fully saturated rings. The van der Waals surface area contributed by atoms with E-state index < -0.39 is 0 Å².